The summed E-state index contributed by atoms with van der Waals surface area (Å²) in [5, 5.41) is 5.46. The highest BCUT2D eigenvalue weighted by Crippen LogP contribution is 2.28. The third kappa shape index (κ3) is 4.40. The maximum atomic E-state index is 12.9. The number of carbonyl (C=O) groups is 4. The van der Waals surface area contributed by atoms with Crippen molar-refractivity contribution in [3.05, 3.63) is 65.7 Å². The first kappa shape index (κ1) is 21.2. The number of Topliss-reactive ketones (excluding diaryl/α,β-unsaturated/α-hetero) is 1. The van der Waals surface area contributed by atoms with E-state index >= 15 is 0 Å². The second-order valence-electron chi connectivity index (χ2n) is 7.96. The number of hydrogen-bond acceptors (Lipinski definition) is 4. The number of rotatable bonds is 7. The summed E-state index contributed by atoms with van der Waals surface area (Å²) < 4.78 is 0. The molecule has 1 aliphatic heterocycles. The van der Waals surface area contributed by atoms with E-state index in [0.717, 1.165) is 4.90 Å². The normalized spacial score (nSPS) is 18.5. The average Bonchev–Trinajstić information content (AvgIpc) is 2.92. The largest absolute Gasteiger partial charge is 0.326 e. The lowest BCUT2D eigenvalue weighted by atomic mass is 9.92. The van der Waals surface area contributed by atoms with E-state index in [1.807, 2.05) is 19.9 Å². The Morgan fingerprint density at radius 2 is 1.67 bits per heavy atom. The van der Waals surface area contributed by atoms with Crippen LogP contribution in [0.4, 0.5) is 10.5 Å². The molecule has 0 saturated carbocycles. The Bertz CT molecular complexity index is 970. The van der Waals surface area contributed by atoms with Gasteiger partial charge in [-0.05, 0) is 42.7 Å². The minimum atomic E-state index is -1.21. The number of benzene rings is 2. The van der Waals surface area contributed by atoms with Crippen molar-refractivity contribution in [1.29, 1.82) is 0 Å². The lowest BCUT2D eigenvalue weighted by molar-refractivity contribution is -0.130. The van der Waals surface area contributed by atoms with E-state index in [1.54, 1.807) is 55.5 Å². The number of ketones is 1. The van der Waals surface area contributed by atoms with Crippen LogP contribution in [-0.4, -0.2) is 35.1 Å². The van der Waals surface area contributed by atoms with Crippen LogP contribution >= 0.6 is 0 Å². The number of imide groups is 1. The molecule has 2 aromatic carbocycles. The van der Waals surface area contributed by atoms with Crippen LogP contribution in [0, 0.1) is 5.92 Å². The van der Waals surface area contributed by atoms with Crippen molar-refractivity contribution < 1.29 is 19.2 Å². The second kappa shape index (κ2) is 8.49. The van der Waals surface area contributed by atoms with Crippen molar-refractivity contribution in [2.45, 2.75) is 32.7 Å². The Morgan fingerprint density at radius 1 is 1.03 bits per heavy atom. The zero-order valence-electron chi connectivity index (χ0n) is 17.3. The Morgan fingerprint density at radius 3 is 2.27 bits per heavy atom. The molecule has 2 N–H and O–H groups in total. The summed E-state index contributed by atoms with van der Waals surface area (Å²) in [6.45, 7) is 5.19. The molecular formula is C23H25N3O4. The lowest BCUT2D eigenvalue weighted by Crippen LogP contribution is -2.41. The molecule has 30 heavy (non-hydrogen) atoms. The van der Waals surface area contributed by atoms with Crippen LogP contribution in [0.25, 0.3) is 0 Å². The van der Waals surface area contributed by atoms with Crippen molar-refractivity contribution in [1.82, 2.24) is 10.2 Å². The van der Waals surface area contributed by atoms with Crippen LogP contribution < -0.4 is 10.6 Å². The minimum absolute atomic E-state index is 0.0939. The smallest absolute Gasteiger partial charge is 0.325 e. The van der Waals surface area contributed by atoms with E-state index < -0.39 is 17.5 Å². The van der Waals surface area contributed by atoms with Gasteiger partial charge in [-0.1, -0.05) is 44.2 Å². The van der Waals surface area contributed by atoms with Crippen molar-refractivity contribution >= 4 is 29.3 Å². The molecular weight excluding hydrogens is 382 g/mol. The first-order chi connectivity index (χ1) is 14.2. The number of nitrogens with zero attached hydrogens (tertiary/aromatic N) is 1. The average molecular weight is 407 g/mol. The lowest BCUT2D eigenvalue weighted by Gasteiger charge is -2.22. The standard InChI is InChI=1S/C23H25N3O4/c1-15(2)13-20(28)24-18-11-9-16(10-12-18)19(27)14-26-21(29)23(3,25-22(26)30)17-7-5-4-6-8-17/h4-12,15H,13-14H2,1-3H3,(H,24,28)(H,25,30)/t23-/m1/s1. The van der Waals surface area contributed by atoms with Crippen LogP contribution in [0.1, 0.15) is 43.1 Å². The quantitative estimate of drug-likeness (QED) is 0.544. The van der Waals surface area contributed by atoms with E-state index in [1.165, 1.54) is 0 Å². The molecule has 1 aliphatic rings. The van der Waals surface area contributed by atoms with Crippen LogP contribution in [-0.2, 0) is 15.1 Å². The molecule has 0 aromatic heterocycles. The maximum absolute atomic E-state index is 12.9. The fourth-order valence-corrected chi connectivity index (χ4v) is 3.36. The van der Waals surface area contributed by atoms with Gasteiger partial charge in [0.05, 0.1) is 6.54 Å². The molecule has 1 saturated heterocycles. The van der Waals surface area contributed by atoms with Gasteiger partial charge in [0.2, 0.25) is 5.91 Å². The summed E-state index contributed by atoms with van der Waals surface area (Å²) in [5.41, 5.74) is 0.387. The van der Waals surface area contributed by atoms with Gasteiger partial charge >= 0.3 is 6.03 Å². The van der Waals surface area contributed by atoms with Crippen molar-refractivity contribution in [2.24, 2.45) is 5.92 Å². The van der Waals surface area contributed by atoms with Crippen LogP contribution in [0.3, 0.4) is 0 Å². The monoisotopic (exact) mass is 407 g/mol. The third-order valence-corrected chi connectivity index (χ3v) is 5.01. The molecule has 0 spiro atoms. The predicted octanol–water partition coefficient (Wildman–Crippen LogP) is 3.32. The molecule has 2 aromatic rings. The highest BCUT2D eigenvalue weighted by Gasteiger charge is 2.49. The number of amides is 4. The van der Waals surface area contributed by atoms with Crippen LogP contribution in [0.5, 0.6) is 0 Å². The Hall–Kier alpha value is -3.48. The summed E-state index contributed by atoms with van der Waals surface area (Å²) in [7, 11) is 0. The van der Waals surface area contributed by atoms with E-state index in [4.69, 9.17) is 0 Å². The second-order valence-corrected chi connectivity index (χ2v) is 7.96. The summed E-state index contributed by atoms with van der Waals surface area (Å²) in [6, 6.07) is 14.7. The van der Waals surface area contributed by atoms with Gasteiger partial charge in [0, 0.05) is 17.7 Å². The molecule has 7 nitrogen and oxygen atoms in total. The summed E-state index contributed by atoms with van der Waals surface area (Å²) in [6.07, 6.45) is 0.410. The first-order valence-electron chi connectivity index (χ1n) is 9.83. The van der Waals surface area contributed by atoms with E-state index in [0.29, 0.717) is 23.2 Å². The fourth-order valence-electron chi connectivity index (χ4n) is 3.36. The molecule has 4 amide bonds. The molecule has 0 bridgehead atoms. The van der Waals surface area contributed by atoms with Gasteiger partial charge < -0.3 is 10.6 Å². The molecule has 0 aliphatic carbocycles. The van der Waals surface area contributed by atoms with E-state index in [9.17, 15) is 19.2 Å². The van der Waals surface area contributed by atoms with Crippen molar-refractivity contribution in [3.63, 3.8) is 0 Å². The Labute approximate surface area is 175 Å². The number of nitrogens with one attached hydrogen (secondary N) is 2. The zero-order valence-corrected chi connectivity index (χ0v) is 17.3. The van der Waals surface area contributed by atoms with Gasteiger partial charge in [-0.15, -0.1) is 0 Å². The third-order valence-electron chi connectivity index (χ3n) is 5.01. The summed E-state index contributed by atoms with van der Waals surface area (Å²) in [5.74, 6) is -0.680. The predicted molar refractivity (Wildman–Crippen MR) is 113 cm³/mol. The topological polar surface area (TPSA) is 95.6 Å². The Kier molecular flexibility index (Phi) is 6.01. The molecule has 7 heteroatoms. The fraction of sp³-hybridized carbons (Fsp3) is 0.304. The van der Waals surface area contributed by atoms with Gasteiger partial charge in [0.15, 0.2) is 5.78 Å². The maximum Gasteiger partial charge on any atom is 0.325 e. The summed E-state index contributed by atoms with van der Waals surface area (Å²) >= 11 is 0. The highest BCUT2D eigenvalue weighted by atomic mass is 16.2. The van der Waals surface area contributed by atoms with Gasteiger partial charge in [-0.3, -0.25) is 19.3 Å². The Balaban J connectivity index is 1.68. The van der Waals surface area contributed by atoms with E-state index in [2.05, 4.69) is 10.6 Å². The van der Waals surface area contributed by atoms with E-state index in [-0.39, 0.29) is 24.2 Å². The van der Waals surface area contributed by atoms with Crippen LogP contribution in [0.2, 0.25) is 0 Å². The number of anilines is 1. The molecule has 3 rings (SSSR count). The molecule has 0 unspecified atom stereocenters. The molecule has 0 radical (unpaired) electrons. The number of carbonyl (C=O) groups excluding carboxylic acids is 4. The van der Waals surface area contributed by atoms with Gasteiger partial charge in [0.25, 0.3) is 5.91 Å². The minimum Gasteiger partial charge on any atom is -0.326 e. The molecule has 1 heterocycles. The van der Waals surface area contributed by atoms with Gasteiger partial charge in [-0.2, -0.15) is 0 Å². The SMILES string of the molecule is CC(C)CC(=O)Nc1ccc(C(=O)CN2C(=O)N[C@](C)(c3ccccc3)C2=O)cc1. The molecule has 1 atom stereocenters. The van der Waals surface area contributed by atoms with Gasteiger partial charge in [-0.25, -0.2) is 4.79 Å². The summed E-state index contributed by atoms with van der Waals surface area (Å²) in [4.78, 5) is 50.8. The number of urea groups is 1. The first-order valence-corrected chi connectivity index (χ1v) is 9.83. The molecule has 156 valence electrons. The molecule has 1 fully saturated rings. The van der Waals surface area contributed by atoms with Crippen molar-refractivity contribution in [3.8, 4) is 0 Å². The van der Waals surface area contributed by atoms with Crippen molar-refractivity contribution in [2.75, 3.05) is 11.9 Å². The zero-order chi connectivity index (χ0) is 21.9. The highest BCUT2D eigenvalue weighted by molar-refractivity contribution is 6.11. The van der Waals surface area contributed by atoms with Crippen LogP contribution in [0.15, 0.2) is 54.6 Å². The van der Waals surface area contributed by atoms with Gasteiger partial charge in [0.1, 0.15) is 5.54 Å². The number of hydrogen-bond donors (Lipinski definition) is 2.